The Bertz CT molecular complexity index is 9220. The Morgan fingerprint density at radius 2 is 0.619 bits per heavy atom. The van der Waals surface area contributed by atoms with Crippen LogP contribution in [0.3, 0.4) is 0 Å². The molecule has 3 heterocycles. The Morgan fingerprint density at radius 1 is 0.333 bits per heavy atom. The molecular weight excluding hydrogens is 2020 g/mol. The third kappa shape index (κ3) is 18.7. The van der Waals surface area contributed by atoms with E-state index in [-0.39, 0.29) is 170 Å². The zero-order valence-corrected chi connectivity index (χ0v) is 79.8. The van der Waals surface area contributed by atoms with Gasteiger partial charge in [0.1, 0.15) is 29.1 Å². The van der Waals surface area contributed by atoms with Gasteiger partial charge in [0.15, 0.2) is 57.7 Å². The maximum absolute atomic E-state index is 15.4. The van der Waals surface area contributed by atoms with Crippen molar-refractivity contribution in [2.45, 2.75) is 55.2 Å². The van der Waals surface area contributed by atoms with Crippen molar-refractivity contribution < 1.29 is 96.7 Å². The van der Waals surface area contributed by atoms with Gasteiger partial charge in [-0.2, -0.15) is 15.8 Å². The lowest BCUT2D eigenvalue weighted by molar-refractivity contribution is 0.0996. The third-order valence-corrected chi connectivity index (χ3v) is 29.8. The van der Waals surface area contributed by atoms with Crippen LogP contribution in [0.25, 0.3) is 148 Å². The predicted octanol–water partition coefficient (Wildman–Crippen LogP) is 30.3. The van der Waals surface area contributed by atoms with E-state index in [1.807, 2.05) is 19.1 Å². The Kier molecular flexibility index (Phi) is 28.3. The quantitative estimate of drug-likeness (QED) is 0.0299. The van der Waals surface area contributed by atoms with Gasteiger partial charge in [0, 0.05) is 115 Å². The van der Waals surface area contributed by atoms with Gasteiger partial charge >= 0.3 is 0 Å². The number of nitrogens with zero attached hydrogens (tertiary/aromatic N) is 9. The average Bonchev–Trinajstić information content (AvgIpc) is 1.56. The number of fused-ring (bicyclic) bond motifs is 3. The molecule has 726 valence electrons. The van der Waals surface area contributed by atoms with Gasteiger partial charge in [-0.15, -0.1) is 0 Å². The van der Waals surface area contributed by atoms with E-state index in [1.54, 1.807) is 54.6 Å². The van der Waals surface area contributed by atoms with Gasteiger partial charge in [-0.1, -0.05) is 156 Å². The minimum absolute atomic E-state index is 0.00200. The minimum Gasteiger partial charge on any atom is -0.294 e. The third-order valence-electron chi connectivity index (χ3n) is 24.0. The summed E-state index contributed by atoms with van der Waals surface area (Å²) in [6.45, 7) is 28.5. The normalized spacial score (nSPS) is 11.4. The van der Waals surface area contributed by atoms with Crippen molar-refractivity contribution in [2.24, 2.45) is 0 Å². The topological polar surface area (TPSA) is 253 Å². The molecule has 18 nitrogen and oxygen atoms in total. The number of Topliss-reactive ketones (excluding diaryl/α,β-unsaturated/α-hetero) is 3. The number of carbonyl (C=O) groups is 3. The highest BCUT2D eigenvalue weighted by Gasteiger charge is 2.38. The van der Waals surface area contributed by atoms with Crippen LogP contribution >= 0.6 is 23.2 Å². The Morgan fingerprint density at radius 3 is 0.905 bits per heavy atom. The van der Waals surface area contributed by atoms with Gasteiger partial charge < -0.3 is 0 Å². The molecule has 0 spiro atoms. The molecule has 0 fully saturated rings. The van der Waals surface area contributed by atoms with Gasteiger partial charge in [0.2, 0.25) is 0 Å². The fourth-order valence-electron chi connectivity index (χ4n) is 17.3. The number of nitriles is 3. The van der Waals surface area contributed by atoms with E-state index < -0.39 is 145 Å². The monoisotopic (exact) mass is 2080 g/mol. The first-order chi connectivity index (χ1) is 70.0. The predicted molar refractivity (Wildman–Crippen MR) is 529 cm³/mol. The van der Waals surface area contributed by atoms with E-state index in [4.69, 9.17) is 42.9 Å². The van der Waals surface area contributed by atoms with Crippen molar-refractivity contribution in [3.63, 3.8) is 0 Å². The summed E-state index contributed by atoms with van der Waals surface area (Å²) in [7, 11) is -13.9. The number of carbonyl (C=O) groups excluding carboxylic acids is 3. The van der Waals surface area contributed by atoms with Crippen LogP contribution < -0.4 is 0 Å². The molecule has 0 radical (unpaired) electrons. The Labute approximate surface area is 839 Å². The maximum Gasteiger partial charge on any atom is 0.268 e. The number of aromatic nitrogens is 3. The number of ketones is 3. The number of alkyl halides is 4. The molecule has 0 bridgehead atoms. The molecule has 18 rings (SSSR count). The summed E-state index contributed by atoms with van der Waals surface area (Å²) in [5, 5.41) is 30.5. The largest absolute Gasteiger partial charge is 0.294 e. The second-order valence-electron chi connectivity index (χ2n) is 32.8. The fourth-order valence-corrected chi connectivity index (χ4v) is 22.5. The molecule has 18 aromatic rings. The average molecular weight is 2080 g/mol. The number of halogens is 15. The summed E-state index contributed by atoms with van der Waals surface area (Å²) < 4.78 is 279. The number of aryl methyl sites for hydroxylation is 1. The zero-order valence-electron chi connectivity index (χ0n) is 75.8. The molecule has 0 aliphatic rings. The van der Waals surface area contributed by atoms with Crippen LogP contribution in [0.15, 0.2) is 294 Å². The molecule has 0 aliphatic heterocycles. The van der Waals surface area contributed by atoms with Crippen molar-refractivity contribution in [2.75, 3.05) is 0 Å². The highest BCUT2D eigenvalue weighted by molar-refractivity contribution is 7.91. The van der Waals surface area contributed by atoms with Crippen molar-refractivity contribution in [1.82, 2.24) is 11.9 Å². The SMILES string of the molecule is [C-]#[N+]c1cccc(C#N)c1-c1c(-c2cccc(-c3c(F)c(F)c(C(C)=O)c(F)c3F)c2)n(S(=O)(=O)c2ccc(C(F)F)cc2)c2ccc(F)cc12.[C-]#[N+]c1cccc(C#N)c1-c1c(-c2cccc(-c3cc(F)c(C(C)=O)cc3Cl)c2)n(S(=O)(=O)c2ccc(C(F)F)cc2)c2ccc(F)cc12.[C-]#[N+]c1cccc(C#N)c1-c1c(-c2cccc(-c3cc(F)c(C(C)=O)cc3Cl)c2)n(S(=O)(=O)c2ccc(C)cc2)c2ccc(F)cc12. The van der Waals surface area contributed by atoms with Gasteiger partial charge in [-0.3, -0.25) is 14.4 Å². The molecular formula is C111H60Cl2F13N9O9S3. The van der Waals surface area contributed by atoms with Crippen molar-refractivity contribution in [1.29, 1.82) is 15.8 Å². The standard InChI is InChI=1S/C37H20ClF4N3O3S.C37H22ClF2N3O3S.C37H18F7N3O3S/c1-20(46)27-17-30(38)28(18-31(27)40)22-5-3-6-23(15-22)36-35(34-24(19-43)7-4-8-32(34)44-2)29-16-25(39)11-14-33(29)45(36)49(47,48)26-12-9-21(10-13-26)37(41)42;1-21-10-13-27(14-11-21)47(45,46)43-34-15-12-26(39)17-30(34)36(35-25(20-41)8-5-9-33(35)42-3)37(43)24-7-4-6-23(16-24)29-19-32(40)28(22(2)44)18-31(29)38;1-18(48)28-32(39)34(41)30(35(42)33(28)40)20-5-3-6-21(15-20)36-31(29-22(17-45)7-4-8-26(29)46-2)25-16-23(38)11-14-27(25)47(36)51(49,50)24-12-9-19(10-13-24)37(43)44/h3-18,37H,1H3;4-19H,1-2H3;3-16,37H,1H3. The van der Waals surface area contributed by atoms with E-state index in [9.17, 15) is 90.5 Å². The van der Waals surface area contributed by atoms with Crippen LogP contribution in [0.1, 0.15) is 98.1 Å². The number of benzene rings is 15. The molecule has 0 unspecified atom stereocenters. The lowest BCUT2D eigenvalue weighted by Crippen LogP contribution is -2.14. The molecule has 0 saturated carbocycles. The van der Waals surface area contributed by atoms with Gasteiger partial charge in [-0.05, 0) is 196 Å². The summed E-state index contributed by atoms with van der Waals surface area (Å²) in [5.41, 5.74) is -3.07. The van der Waals surface area contributed by atoms with Crippen LogP contribution in [0.5, 0.6) is 0 Å². The summed E-state index contributed by atoms with van der Waals surface area (Å²) in [6, 6.07) is 64.5. The zero-order chi connectivity index (χ0) is 106. The first kappa shape index (κ1) is 102. The van der Waals surface area contributed by atoms with E-state index >= 15 is 22.0 Å². The Balaban J connectivity index is 0.000000158. The maximum atomic E-state index is 15.4. The molecule has 15 aromatic carbocycles. The second kappa shape index (κ2) is 40.7. The van der Waals surface area contributed by atoms with E-state index in [2.05, 4.69) is 20.6 Å². The van der Waals surface area contributed by atoms with Crippen molar-refractivity contribution >= 4 is 120 Å². The summed E-state index contributed by atoms with van der Waals surface area (Å²) in [4.78, 5) is 45.4. The molecule has 0 aliphatic carbocycles. The van der Waals surface area contributed by atoms with E-state index in [0.717, 1.165) is 123 Å². The fraction of sp³-hybridized carbons (Fsp3) is 0.0541. The summed E-state index contributed by atoms with van der Waals surface area (Å²) >= 11 is 13.0. The number of hydrogen-bond donors (Lipinski definition) is 0. The van der Waals surface area contributed by atoms with E-state index in [0.29, 0.717) is 27.6 Å². The number of rotatable bonds is 20. The molecule has 147 heavy (non-hydrogen) atoms. The molecule has 0 amide bonds. The smallest absolute Gasteiger partial charge is 0.268 e. The second-order valence-corrected chi connectivity index (χ2v) is 39.0. The van der Waals surface area contributed by atoms with Crippen molar-refractivity contribution in [3.8, 4) is 119 Å². The van der Waals surface area contributed by atoms with Crippen LogP contribution in [0.4, 0.5) is 74.1 Å². The minimum atomic E-state index is -4.87. The van der Waals surface area contributed by atoms with Crippen molar-refractivity contribution in [3.05, 3.63) is 426 Å². The van der Waals surface area contributed by atoms with Gasteiger partial charge in [0.05, 0.1) is 108 Å². The lowest BCUT2D eigenvalue weighted by atomic mass is 9.92. The van der Waals surface area contributed by atoms with Gasteiger partial charge in [-0.25, -0.2) is 109 Å². The van der Waals surface area contributed by atoms with E-state index in [1.165, 1.54) is 129 Å². The lowest BCUT2D eigenvalue weighted by Gasteiger charge is -2.17. The molecule has 36 heteroatoms. The molecule has 0 N–H and O–H groups in total. The number of hydrogen-bond acceptors (Lipinski definition) is 12. The highest BCUT2D eigenvalue weighted by atomic mass is 35.5. The molecule has 0 saturated heterocycles. The Hall–Kier alpha value is -17.6. The first-order valence-corrected chi connectivity index (χ1v) is 48.2. The van der Waals surface area contributed by atoms with Crippen LogP contribution in [0.2, 0.25) is 10.0 Å². The van der Waals surface area contributed by atoms with Crippen LogP contribution in [0, 0.1) is 113 Å². The first-order valence-electron chi connectivity index (χ1n) is 43.1. The molecule has 3 aromatic heterocycles. The molecule has 0 atom stereocenters. The van der Waals surface area contributed by atoms with Crippen LogP contribution in [-0.2, 0) is 30.1 Å². The highest BCUT2D eigenvalue weighted by Crippen LogP contribution is 2.54. The summed E-state index contributed by atoms with van der Waals surface area (Å²) in [6.07, 6.45) is -5.79. The van der Waals surface area contributed by atoms with Gasteiger partial charge in [0.25, 0.3) is 42.9 Å². The summed E-state index contributed by atoms with van der Waals surface area (Å²) in [5.74, 6) is -14.0. The van der Waals surface area contributed by atoms with Crippen LogP contribution in [-0.4, -0.2) is 54.5 Å².